The Bertz CT molecular complexity index is 581. The molecule has 3 nitrogen and oxygen atoms in total. The van der Waals surface area contributed by atoms with Gasteiger partial charge in [0.1, 0.15) is 0 Å². The van der Waals surface area contributed by atoms with E-state index in [1.54, 1.807) is 0 Å². The van der Waals surface area contributed by atoms with Gasteiger partial charge in [0.05, 0.1) is 24.3 Å². The molecule has 0 bridgehead atoms. The Kier molecular flexibility index (Phi) is 3.73. The molecule has 1 saturated heterocycles. The topological polar surface area (TPSA) is 48.1 Å². The minimum absolute atomic E-state index is 0.0569. The number of ether oxygens (including phenoxy) is 1. The third-order valence-electron chi connectivity index (χ3n) is 3.48. The van der Waals surface area contributed by atoms with Crippen molar-refractivity contribution in [3.05, 3.63) is 41.6 Å². The maximum atomic E-state index is 6.33. The summed E-state index contributed by atoms with van der Waals surface area (Å²) in [5.41, 5.74) is 9.52. The van der Waals surface area contributed by atoms with Gasteiger partial charge in [0.25, 0.3) is 0 Å². The molecule has 19 heavy (non-hydrogen) atoms. The maximum Gasteiger partial charge on any atom is 0.0858 e. The van der Waals surface area contributed by atoms with Gasteiger partial charge in [-0.25, -0.2) is 0 Å². The van der Waals surface area contributed by atoms with Crippen molar-refractivity contribution < 1.29 is 4.74 Å². The van der Waals surface area contributed by atoms with E-state index in [0.717, 1.165) is 40.3 Å². The lowest BCUT2D eigenvalue weighted by Gasteiger charge is -2.28. The van der Waals surface area contributed by atoms with Crippen molar-refractivity contribution in [3.8, 4) is 0 Å². The molecule has 3 rings (SSSR count). The van der Waals surface area contributed by atoms with E-state index in [1.165, 1.54) is 0 Å². The summed E-state index contributed by atoms with van der Waals surface area (Å²) in [5.74, 6) is 2.05. The van der Waals surface area contributed by atoms with Gasteiger partial charge in [-0.15, -0.1) is 0 Å². The molecule has 2 aromatic rings. The van der Waals surface area contributed by atoms with E-state index in [4.69, 9.17) is 10.5 Å². The summed E-state index contributed by atoms with van der Waals surface area (Å²) in [7, 11) is 0. The third-order valence-corrected chi connectivity index (χ3v) is 4.50. The van der Waals surface area contributed by atoms with Gasteiger partial charge in [0, 0.05) is 22.6 Å². The van der Waals surface area contributed by atoms with Crippen molar-refractivity contribution >= 4 is 22.7 Å². The second-order valence-electron chi connectivity index (χ2n) is 4.91. The standard InChI is InChI=1S/C15H18N2OS/c1-10-2-3-11-8-12(4-5-13(11)17-10)15(16)14-9-19-7-6-18-14/h2-5,8,14-15H,6-7,9,16H2,1H3. The number of nitrogens with two attached hydrogens (primary N) is 1. The lowest BCUT2D eigenvalue weighted by molar-refractivity contribution is 0.0569. The first-order valence-corrected chi connectivity index (χ1v) is 7.72. The normalized spacial score (nSPS) is 21.5. The molecule has 4 heteroatoms. The van der Waals surface area contributed by atoms with Crippen LogP contribution in [0.1, 0.15) is 17.3 Å². The first-order chi connectivity index (χ1) is 9.24. The summed E-state index contributed by atoms with van der Waals surface area (Å²) in [6, 6.07) is 10.3. The molecule has 0 saturated carbocycles. The zero-order valence-electron chi connectivity index (χ0n) is 11.0. The molecule has 2 heterocycles. The van der Waals surface area contributed by atoms with Gasteiger partial charge in [0.2, 0.25) is 0 Å². The van der Waals surface area contributed by atoms with E-state index in [0.29, 0.717) is 0 Å². The molecule has 100 valence electrons. The molecule has 1 aliphatic heterocycles. The van der Waals surface area contributed by atoms with Gasteiger partial charge < -0.3 is 10.5 Å². The van der Waals surface area contributed by atoms with Crippen LogP contribution in [0.5, 0.6) is 0 Å². The number of aromatic nitrogens is 1. The smallest absolute Gasteiger partial charge is 0.0858 e. The van der Waals surface area contributed by atoms with Gasteiger partial charge in [-0.1, -0.05) is 12.1 Å². The zero-order valence-corrected chi connectivity index (χ0v) is 11.8. The van der Waals surface area contributed by atoms with Crippen LogP contribution in [0.2, 0.25) is 0 Å². The van der Waals surface area contributed by atoms with Crippen molar-refractivity contribution in [1.82, 2.24) is 4.98 Å². The summed E-state index contributed by atoms with van der Waals surface area (Å²) in [6.07, 6.45) is 0.120. The first-order valence-electron chi connectivity index (χ1n) is 6.56. The molecule has 2 atom stereocenters. The van der Waals surface area contributed by atoms with Crippen molar-refractivity contribution in [3.63, 3.8) is 0 Å². The van der Waals surface area contributed by atoms with Gasteiger partial charge in [-0.3, -0.25) is 4.98 Å². The van der Waals surface area contributed by atoms with E-state index in [2.05, 4.69) is 23.2 Å². The van der Waals surface area contributed by atoms with Gasteiger partial charge in [-0.05, 0) is 30.7 Å². The first kappa shape index (κ1) is 12.9. The fourth-order valence-corrected chi connectivity index (χ4v) is 3.30. The summed E-state index contributed by atoms with van der Waals surface area (Å²) in [4.78, 5) is 4.51. The van der Waals surface area contributed by atoms with E-state index >= 15 is 0 Å². The van der Waals surface area contributed by atoms with Crippen LogP contribution in [-0.4, -0.2) is 29.2 Å². The molecule has 2 N–H and O–H groups in total. The van der Waals surface area contributed by atoms with Crippen molar-refractivity contribution in [2.45, 2.75) is 19.1 Å². The van der Waals surface area contributed by atoms with Gasteiger partial charge in [-0.2, -0.15) is 11.8 Å². The lowest BCUT2D eigenvalue weighted by atomic mass is 10.0. The summed E-state index contributed by atoms with van der Waals surface area (Å²) in [6.45, 7) is 2.81. The zero-order chi connectivity index (χ0) is 13.2. The second kappa shape index (κ2) is 5.49. The highest BCUT2D eigenvalue weighted by Crippen LogP contribution is 2.25. The highest BCUT2D eigenvalue weighted by molar-refractivity contribution is 7.99. The van der Waals surface area contributed by atoms with Crippen LogP contribution >= 0.6 is 11.8 Å². The summed E-state index contributed by atoms with van der Waals surface area (Å²) < 4.78 is 5.76. The molecule has 1 aliphatic rings. The maximum absolute atomic E-state index is 6.33. The largest absolute Gasteiger partial charge is 0.375 e. The monoisotopic (exact) mass is 274 g/mol. The number of thioether (sulfide) groups is 1. The number of aryl methyl sites for hydroxylation is 1. The van der Waals surface area contributed by atoms with Crippen LogP contribution in [0.15, 0.2) is 30.3 Å². The number of benzene rings is 1. The van der Waals surface area contributed by atoms with Crippen molar-refractivity contribution in [1.29, 1.82) is 0 Å². The average molecular weight is 274 g/mol. The Labute approximate surface area is 117 Å². The molecule has 1 aromatic carbocycles. The Morgan fingerprint density at radius 1 is 1.37 bits per heavy atom. The lowest BCUT2D eigenvalue weighted by Crippen LogP contribution is -2.34. The van der Waals surface area contributed by atoms with Crippen LogP contribution < -0.4 is 5.73 Å². The number of hydrogen-bond acceptors (Lipinski definition) is 4. The van der Waals surface area contributed by atoms with Gasteiger partial charge in [0.15, 0.2) is 0 Å². The molecule has 0 amide bonds. The predicted octanol–water partition coefficient (Wildman–Crippen LogP) is 2.68. The van der Waals surface area contributed by atoms with E-state index in [-0.39, 0.29) is 12.1 Å². The third kappa shape index (κ3) is 2.76. The SMILES string of the molecule is Cc1ccc2cc(C(N)C3CSCCO3)ccc2n1. The molecule has 1 fully saturated rings. The predicted molar refractivity (Wildman–Crippen MR) is 80.5 cm³/mol. The van der Waals surface area contributed by atoms with Gasteiger partial charge >= 0.3 is 0 Å². The van der Waals surface area contributed by atoms with E-state index < -0.39 is 0 Å². The van der Waals surface area contributed by atoms with Crippen LogP contribution in [0.4, 0.5) is 0 Å². The summed E-state index contributed by atoms with van der Waals surface area (Å²) in [5, 5.41) is 1.14. The summed E-state index contributed by atoms with van der Waals surface area (Å²) >= 11 is 1.91. The average Bonchev–Trinajstić information content (AvgIpc) is 2.47. The number of rotatable bonds is 2. The highest BCUT2D eigenvalue weighted by atomic mass is 32.2. The minimum atomic E-state index is -0.0569. The minimum Gasteiger partial charge on any atom is -0.375 e. The molecule has 2 unspecified atom stereocenters. The quantitative estimate of drug-likeness (QED) is 0.914. The van der Waals surface area contributed by atoms with Crippen LogP contribution in [-0.2, 0) is 4.74 Å². The molecule has 0 aliphatic carbocycles. The van der Waals surface area contributed by atoms with Crippen molar-refractivity contribution in [2.24, 2.45) is 5.73 Å². The van der Waals surface area contributed by atoms with Crippen LogP contribution in [0.25, 0.3) is 10.9 Å². The highest BCUT2D eigenvalue weighted by Gasteiger charge is 2.23. The molecule has 0 spiro atoms. The number of fused-ring (bicyclic) bond motifs is 1. The van der Waals surface area contributed by atoms with Crippen molar-refractivity contribution in [2.75, 3.05) is 18.1 Å². The molecule has 0 radical (unpaired) electrons. The number of nitrogens with zero attached hydrogens (tertiary/aromatic N) is 1. The van der Waals surface area contributed by atoms with Crippen LogP contribution in [0, 0.1) is 6.92 Å². The number of hydrogen-bond donors (Lipinski definition) is 1. The van der Waals surface area contributed by atoms with E-state index in [9.17, 15) is 0 Å². The fourth-order valence-electron chi connectivity index (χ4n) is 2.38. The molecular weight excluding hydrogens is 256 g/mol. The van der Waals surface area contributed by atoms with E-state index in [1.807, 2.05) is 30.8 Å². The number of pyridine rings is 1. The molecular formula is C15H18N2OS. The Balaban J connectivity index is 1.89. The second-order valence-corrected chi connectivity index (χ2v) is 6.06. The Morgan fingerprint density at radius 2 is 2.26 bits per heavy atom. The molecule has 1 aromatic heterocycles. The Hall–Kier alpha value is -1.10. The fraction of sp³-hybridized carbons (Fsp3) is 0.400. The Morgan fingerprint density at radius 3 is 3.05 bits per heavy atom. The van der Waals surface area contributed by atoms with Crippen LogP contribution in [0.3, 0.4) is 0 Å².